The first-order chi connectivity index (χ1) is 12.6. The van der Waals surface area contributed by atoms with E-state index in [1.165, 1.54) is 5.56 Å². The third kappa shape index (κ3) is 5.19. The molecule has 3 rings (SSSR count). The number of sulfonamides is 1. The van der Waals surface area contributed by atoms with E-state index in [4.69, 9.17) is 4.42 Å². The maximum absolute atomic E-state index is 12.5. The predicted molar refractivity (Wildman–Crippen MR) is 102 cm³/mol. The van der Waals surface area contributed by atoms with Gasteiger partial charge in [-0.1, -0.05) is 25.5 Å². The monoisotopic (exact) mass is 376 g/mol. The van der Waals surface area contributed by atoms with Gasteiger partial charge in [0.25, 0.3) is 0 Å². The summed E-state index contributed by atoms with van der Waals surface area (Å²) in [6.07, 6.45) is 5.73. The van der Waals surface area contributed by atoms with Crippen molar-refractivity contribution >= 4 is 10.0 Å². The van der Waals surface area contributed by atoms with Crippen LogP contribution in [0.15, 0.2) is 52.0 Å². The zero-order chi connectivity index (χ0) is 18.4. The van der Waals surface area contributed by atoms with Crippen LogP contribution in [-0.2, 0) is 23.0 Å². The fraction of sp³-hybridized carbons (Fsp3) is 0.500. The molecule has 0 aliphatic carbocycles. The van der Waals surface area contributed by atoms with Gasteiger partial charge in [-0.25, -0.2) is 13.1 Å². The van der Waals surface area contributed by atoms with Crippen LogP contribution in [-0.4, -0.2) is 33.0 Å². The maximum Gasteiger partial charge on any atom is 0.240 e. The number of nitrogens with one attached hydrogen (secondary N) is 1. The Labute approximate surface area is 156 Å². The number of hydrogen-bond acceptors (Lipinski definition) is 4. The Balaban J connectivity index is 1.46. The summed E-state index contributed by atoms with van der Waals surface area (Å²) in [7, 11) is -3.42. The minimum absolute atomic E-state index is 0.354. The summed E-state index contributed by atoms with van der Waals surface area (Å²) in [6, 6.07) is 11.1. The predicted octanol–water partition coefficient (Wildman–Crippen LogP) is 3.42. The molecule has 1 aliphatic heterocycles. The van der Waals surface area contributed by atoms with Gasteiger partial charge in [0.15, 0.2) is 0 Å². The van der Waals surface area contributed by atoms with Gasteiger partial charge >= 0.3 is 0 Å². The first-order valence-corrected chi connectivity index (χ1v) is 10.9. The van der Waals surface area contributed by atoms with E-state index in [9.17, 15) is 8.42 Å². The Morgan fingerprint density at radius 1 is 1.15 bits per heavy atom. The first kappa shape index (κ1) is 19.1. The highest BCUT2D eigenvalue weighted by molar-refractivity contribution is 7.89. The number of furan rings is 1. The molecule has 0 unspecified atom stereocenters. The van der Waals surface area contributed by atoms with E-state index in [0.29, 0.717) is 17.4 Å². The SMILES string of the molecule is CCCc1ccc(S(=O)(=O)NCC2CCN(Cc3ccco3)CC2)cc1. The number of rotatable bonds is 8. The van der Waals surface area contributed by atoms with Crippen LogP contribution < -0.4 is 4.72 Å². The van der Waals surface area contributed by atoms with Crippen LogP contribution in [0, 0.1) is 5.92 Å². The van der Waals surface area contributed by atoms with Crippen molar-refractivity contribution < 1.29 is 12.8 Å². The van der Waals surface area contributed by atoms with E-state index < -0.39 is 10.0 Å². The highest BCUT2D eigenvalue weighted by atomic mass is 32.2. The average Bonchev–Trinajstić information content (AvgIpc) is 3.15. The minimum Gasteiger partial charge on any atom is -0.468 e. The largest absolute Gasteiger partial charge is 0.468 e. The van der Waals surface area contributed by atoms with Crippen molar-refractivity contribution in [3.63, 3.8) is 0 Å². The molecule has 2 heterocycles. The molecular weight excluding hydrogens is 348 g/mol. The number of hydrogen-bond donors (Lipinski definition) is 1. The summed E-state index contributed by atoms with van der Waals surface area (Å²) >= 11 is 0. The van der Waals surface area contributed by atoms with E-state index >= 15 is 0 Å². The van der Waals surface area contributed by atoms with E-state index in [1.807, 2.05) is 24.3 Å². The summed E-state index contributed by atoms with van der Waals surface area (Å²) in [5.74, 6) is 1.37. The molecule has 142 valence electrons. The lowest BCUT2D eigenvalue weighted by atomic mass is 9.97. The second-order valence-corrected chi connectivity index (χ2v) is 8.81. The summed E-state index contributed by atoms with van der Waals surface area (Å²) in [5.41, 5.74) is 1.18. The molecule has 1 fully saturated rings. The molecule has 0 bridgehead atoms. The molecule has 1 saturated heterocycles. The lowest BCUT2D eigenvalue weighted by molar-refractivity contribution is 0.168. The van der Waals surface area contributed by atoms with E-state index in [0.717, 1.165) is 51.1 Å². The van der Waals surface area contributed by atoms with Crippen molar-refractivity contribution in [3.8, 4) is 0 Å². The first-order valence-electron chi connectivity index (χ1n) is 9.40. The van der Waals surface area contributed by atoms with Crippen molar-refractivity contribution in [1.82, 2.24) is 9.62 Å². The van der Waals surface area contributed by atoms with Crippen LogP contribution in [0.2, 0.25) is 0 Å². The lowest BCUT2D eigenvalue weighted by Crippen LogP contribution is -2.38. The molecule has 1 N–H and O–H groups in total. The molecule has 0 amide bonds. The third-order valence-corrected chi connectivity index (χ3v) is 6.44. The molecule has 0 spiro atoms. The van der Waals surface area contributed by atoms with Crippen LogP contribution in [0.1, 0.15) is 37.5 Å². The van der Waals surface area contributed by atoms with Gasteiger partial charge in [-0.15, -0.1) is 0 Å². The van der Waals surface area contributed by atoms with Crippen molar-refractivity contribution in [3.05, 3.63) is 54.0 Å². The normalized spacial score (nSPS) is 16.8. The second-order valence-electron chi connectivity index (χ2n) is 7.04. The average molecular weight is 377 g/mol. The molecule has 1 aromatic carbocycles. The topological polar surface area (TPSA) is 62.6 Å². The Kier molecular flexibility index (Phi) is 6.51. The Morgan fingerprint density at radius 2 is 1.88 bits per heavy atom. The molecule has 5 nitrogen and oxygen atoms in total. The summed E-state index contributed by atoms with van der Waals surface area (Å²) in [4.78, 5) is 2.71. The molecule has 1 aromatic heterocycles. The fourth-order valence-electron chi connectivity index (χ4n) is 3.41. The molecule has 2 aromatic rings. The number of likely N-dealkylation sites (tertiary alicyclic amines) is 1. The summed E-state index contributed by atoms with van der Waals surface area (Å²) < 4.78 is 33.2. The minimum atomic E-state index is -3.42. The van der Waals surface area contributed by atoms with Crippen molar-refractivity contribution in [2.45, 2.75) is 44.0 Å². The van der Waals surface area contributed by atoms with Crippen molar-refractivity contribution in [2.24, 2.45) is 5.92 Å². The molecule has 6 heteroatoms. The van der Waals surface area contributed by atoms with Gasteiger partial charge in [0.05, 0.1) is 17.7 Å². The number of piperidine rings is 1. The molecule has 0 saturated carbocycles. The molecule has 26 heavy (non-hydrogen) atoms. The van der Waals surface area contributed by atoms with Crippen LogP contribution in [0.3, 0.4) is 0 Å². The molecule has 0 atom stereocenters. The van der Waals surface area contributed by atoms with E-state index in [-0.39, 0.29) is 0 Å². The molecule has 1 aliphatic rings. The van der Waals surface area contributed by atoms with Gasteiger partial charge in [0.2, 0.25) is 10.0 Å². The third-order valence-electron chi connectivity index (χ3n) is 5.00. The molecule has 0 radical (unpaired) electrons. The lowest BCUT2D eigenvalue weighted by Gasteiger charge is -2.31. The molecular formula is C20H28N2O3S. The van der Waals surface area contributed by atoms with Gasteiger partial charge in [0, 0.05) is 6.54 Å². The van der Waals surface area contributed by atoms with Gasteiger partial charge in [-0.3, -0.25) is 4.90 Å². The Morgan fingerprint density at radius 3 is 2.50 bits per heavy atom. The van der Waals surface area contributed by atoms with Crippen LogP contribution in [0.4, 0.5) is 0 Å². The summed E-state index contributed by atoms with van der Waals surface area (Å²) in [6.45, 7) is 5.40. The standard InChI is InChI=1S/C20H28N2O3S/c1-2-4-17-6-8-20(9-7-17)26(23,24)21-15-18-10-12-22(13-11-18)16-19-5-3-14-25-19/h3,5-9,14,18,21H,2,4,10-13,15-16H2,1H3. The second kappa shape index (κ2) is 8.84. The zero-order valence-electron chi connectivity index (χ0n) is 15.4. The van der Waals surface area contributed by atoms with Gasteiger partial charge in [0.1, 0.15) is 5.76 Å². The van der Waals surface area contributed by atoms with Crippen LogP contribution in [0.25, 0.3) is 0 Å². The van der Waals surface area contributed by atoms with Gasteiger partial charge in [-0.2, -0.15) is 0 Å². The van der Waals surface area contributed by atoms with Crippen LogP contribution in [0.5, 0.6) is 0 Å². The van der Waals surface area contributed by atoms with Gasteiger partial charge in [-0.05, 0) is 68.1 Å². The Bertz CT molecular complexity index is 762. The van der Waals surface area contributed by atoms with E-state index in [1.54, 1.807) is 18.4 Å². The number of nitrogens with zero attached hydrogens (tertiary/aromatic N) is 1. The van der Waals surface area contributed by atoms with Crippen LogP contribution >= 0.6 is 0 Å². The highest BCUT2D eigenvalue weighted by Gasteiger charge is 2.22. The highest BCUT2D eigenvalue weighted by Crippen LogP contribution is 2.20. The fourth-order valence-corrected chi connectivity index (χ4v) is 4.52. The van der Waals surface area contributed by atoms with Crippen molar-refractivity contribution in [2.75, 3.05) is 19.6 Å². The quantitative estimate of drug-likeness (QED) is 0.767. The summed E-state index contributed by atoms with van der Waals surface area (Å²) in [5, 5.41) is 0. The van der Waals surface area contributed by atoms with Gasteiger partial charge < -0.3 is 4.42 Å². The number of aryl methyl sites for hydroxylation is 1. The smallest absolute Gasteiger partial charge is 0.240 e. The Hall–Kier alpha value is -1.63. The van der Waals surface area contributed by atoms with E-state index in [2.05, 4.69) is 16.5 Å². The zero-order valence-corrected chi connectivity index (χ0v) is 16.2. The maximum atomic E-state index is 12.5. The van der Waals surface area contributed by atoms with Crippen molar-refractivity contribution in [1.29, 1.82) is 0 Å². The number of benzene rings is 1.